The molecule has 0 radical (unpaired) electrons. The Morgan fingerprint density at radius 3 is 2.52 bits per heavy atom. The summed E-state index contributed by atoms with van der Waals surface area (Å²) >= 11 is 0. The molecule has 2 aromatic carbocycles. The van der Waals surface area contributed by atoms with E-state index in [0.717, 1.165) is 12.0 Å². The molecule has 8 heteroatoms. The van der Waals surface area contributed by atoms with Gasteiger partial charge in [-0.3, -0.25) is 9.59 Å². The number of amides is 2. The number of rotatable bonds is 7. The monoisotopic (exact) mass is 380 g/mol. The van der Waals surface area contributed by atoms with Gasteiger partial charge in [0.1, 0.15) is 12.3 Å². The second kappa shape index (κ2) is 9.07. The SMILES string of the molecule is CCc1cccc(OCC(=O)Nc2cccc(C(=O)NCC(F)(F)F)c2)c1. The minimum atomic E-state index is -4.49. The summed E-state index contributed by atoms with van der Waals surface area (Å²) in [5, 5.41) is 4.32. The molecule has 0 unspecified atom stereocenters. The van der Waals surface area contributed by atoms with Crippen LogP contribution >= 0.6 is 0 Å². The van der Waals surface area contributed by atoms with Gasteiger partial charge in [0, 0.05) is 11.3 Å². The van der Waals surface area contributed by atoms with E-state index < -0.39 is 24.5 Å². The molecule has 2 rings (SSSR count). The summed E-state index contributed by atoms with van der Waals surface area (Å²) in [4.78, 5) is 23.7. The Kier molecular flexibility index (Phi) is 6.81. The molecule has 144 valence electrons. The molecule has 0 aliphatic rings. The molecule has 0 heterocycles. The first kappa shape index (κ1) is 20.3. The molecule has 2 aromatic rings. The summed E-state index contributed by atoms with van der Waals surface area (Å²) in [5.74, 6) is -0.773. The van der Waals surface area contributed by atoms with Crippen molar-refractivity contribution in [2.45, 2.75) is 19.5 Å². The molecule has 0 atom stereocenters. The van der Waals surface area contributed by atoms with Gasteiger partial charge in [0.2, 0.25) is 0 Å². The largest absolute Gasteiger partial charge is 0.484 e. The van der Waals surface area contributed by atoms with Crippen molar-refractivity contribution >= 4 is 17.5 Å². The number of benzene rings is 2. The summed E-state index contributed by atoms with van der Waals surface area (Å²) < 4.78 is 41.9. The van der Waals surface area contributed by atoms with E-state index in [4.69, 9.17) is 4.74 Å². The number of carbonyl (C=O) groups excluding carboxylic acids is 2. The highest BCUT2D eigenvalue weighted by atomic mass is 19.4. The molecule has 27 heavy (non-hydrogen) atoms. The summed E-state index contributed by atoms with van der Waals surface area (Å²) in [6.07, 6.45) is -3.65. The fraction of sp³-hybridized carbons (Fsp3) is 0.263. The van der Waals surface area contributed by atoms with Crippen LogP contribution in [0.2, 0.25) is 0 Å². The molecule has 0 aliphatic heterocycles. The van der Waals surface area contributed by atoms with Crippen LogP contribution in [0.25, 0.3) is 0 Å². The summed E-state index contributed by atoms with van der Waals surface area (Å²) in [6.45, 7) is 0.342. The molecule has 0 aliphatic carbocycles. The zero-order valence-corrected chi connectivity index (χ0v) is 14.6. The number of alkyl halides is 3. The van der Waals surface area contributed by atoms with E-state index in [1.807, 2.05) is 25.1 Å². The Labute approximate surface area is 154 Å². The first-order chi connectivity index (χ1) is 12.8. The van der Waals surface area contributed by atoms with E-state index >= 15 is 0 Å². The Hall–Kier alpha value is -3.03. The number of hydrogen-bond acceptors (Lipinski definition) is 3. The van der Waals surface area contributed by atoms with Gasteiger partial charge < -0.3 is 15.4 Å². The summed E-state index contributed by atoms with van der Waals surface area (Å²) in [5.41, 5.74) is 1.37. The maximum Gasteiger partial charge on any atom is 0.405 e. The van der Waals surface area contributed by atoms with E-state index in [2.05, 4.69) is 5.32 Å². The lowest BCUT2D eigenvalue weighted by Gasteiger charge is -2.11. The molecule has 0 fully saturated rings. The fourth-order valence-corrected chi connectivity index (χ4v) is 2.22. The standard InChI is InChI=1S/C19H19F3N2O3/c1-2-13-5-3-8-16(9-13)27-11-17(25)24-15-7-4-6-14(10-15)18(26)23-12-19(20,21)22/h3-10H,2,11-12H2,1H3,(H,23,26)(H,24,25). The van der Waals surface area contributed by atoms with Crippen molar-refractivity contribution in [2.24, 2.45) is 0 Å². The highest BCUT2D eigenvalue weighted by Crippen LogP contribution is 2.15. The lowest BCUT2D eigenvalue weighted by molar-refractivity contribution is -0.123. The van der Waals surface area contributed by atoms with Gasteiger partial charge in [-0.1, -0.05) is 25.1 Å². The quantitative estimate of drug-likeness (QED) is 0.772. The Morgan fingerprint density at radius 2 is 1.81 bits per heavy atom. The van der Waals surface area contributed by atoms with Gasteiger partial charge in [0.15, 0.2) is 6.61 Å². The third-order valence-electron chi connectivity index (χ3n) is 3.53. The maximum absolute atomic E-state index is 12.2. The summed E-state index contributed by atoms with van der Waals surface area (Å²) in [7, 11) is 0. The van der Waals surface area contributed by atoms with Gasteiger partial charge in [0.25, 0.3) is 11.8 Å². The Morgan fingerprint density at radius 1 is 1.07 bits per heavy atom. The molecular weight excluding hydrogens is 361 g/mol. The van der Waals surface area contributed by atoms with Crippen molar-refractivity contribution in [2.75, 3.05) is 18.5 Å². The van der Waals surface area contributed by atoms with Crippen LogP contribution in [0.1, 0.15) is 22.8 Å². The van der Waals surface area contributed by atoms with Crippen molar-refractivity contribution in [3.8, 4) is 5.75 Å². The average molecular weight is 380 g/mol. The van der Waals surface area contributed by atoms with Crippen molar-refractivity contribution in [3.63, 3.8) is 0 Å². The average Bonchev–Trinajstić information content (AvgIpc) is 2.64. The third-order valence-corrected chi connectivity index (χ3v) is 3.53. The molecule has 2 amide bonds. The van der Waals surface area contributed by atoms with Crippen LogP contribution < -0.4 is 15.4 Å². The van der Waals surface area contributed by atoms with Crippen molar-refractivity contribution < 1.29 is 27.5 Å². The molecule has 0 saturated carbocycles. The van der Waals surface area contributed by atoms with E-state index in [-0.39, 0.29) is 17.9 Å². The fourth-order valence-electron chi connectivity index (χ4n) is 2.22. The predicted octanol–water partition coefficient (Wildman–Crippen LogP) is 3.56. The van der Waals surface area contributed by atoms with Crippen molar-refractivity contribution in [3.05, 3.63) is 59.7 Å². The van der Waals surface area contributed by atoms with Crippen LogP contribution in [0.15, 0.2) is 48.5 Å². The van der Waals surface area contributed by atoms with E-state index in [0.29, 0.717) is 5.75 Å². The Balaban J connectivity index is 1.91. The number of hydrogen-bond donors (Lipinski definition) is 2. The topological polar surface area (TPSA) is 67.4 Å². The van der Waals surface area contributed by atoms with Crippen molar-refractivity contribution in [1.82, 2.24) is 5.32 Å². The highest BCUT2D eigenvalue weighted by molar-refractivity contribution is 5.97. The van der Waals surface area contributed by atoms with Gasteiger partial charge >= 0.3 is 6.18 Å². The van der Waals surface area contributed by atoms with Crippen LogP contribution in [0.3, 0.4) is 0 Å². The van der Waals surface area contributed by atoms with Gasteiger partial charge in [-0.2, -0.15) is 13.2 Å². The minimum absolute atomic E-state index is 0.00798. The highest BCUT2D eigenvalue weighted by Gasteiger charge is 2.27. The zero-order valence-electron chi connectivity index (χ0n) is 14.6. The van der Waals surface area contributed by atoms with Crippen LogP contribution in [0.5, 0.6) is 5.75 Å². The number of aryl methyl sites for hydroxylation is 1. The van der Waals surface area contributed by atoms with E-state index in [1.165, 1.54) is 24.3 Å². The minimum Gasteiger partial charge on any atom is -0.484 e. The van der Waals surface area contributed by atoms with E-state index in [9.17, 15) is 22.8 Å². The van der Waals surface area contributed by atoms with E-state index in [1.54, 1.807) is 11.4 Å². The zero-order chi connectivity index (χ0) is 19.9. The molecule has 0 bridgehead atoms. The molecule has 0 saturated heterocycles. The lowest BCUT2D eigenvalue weighted by atomic mass is 10.2. The summed E-state index contributed by atoms with van der Waals surface area (Å²) in [6, 6.07) is 13.0. The Bertz CT molecular complexity index is 807. The number of anilines is 1. The van der Waals surface area contributed by atoms with Gasteiger partial charge in [-0.15, -0.1) is 0 Å². The normalized spacial score (nSPS) is 11.0. The number of carbonyl (C=O) groups is 2. The van der Waals surface area contributed by atoms with Crippen LogP contribution in [-0.2, 0) is 11.2 Å². The number of nitrogens with one attached hydrogen (secondary N) is 2. The predicted molar refractivity (Wildman–Crippen MR) is 94.8 cm³/mol. The van der Waals surface area contributed by atoms with Crippen LogP contribution in [0.4, 0.5) is 18.9 Å². The van der Waals surface area contributed by atoms with Gasteiger partial charge in [-0.25, -0.2) is 0 Å². The smallest absolute Gasteiger partial charge is 0.405 e. The first-order valence-corrected chi connectivity index (χ1v) is 8.23. The number of halogens is 3. The molecule has 2 N–H and O–H groups in total. The maximum atomic E-state index is 12.2. The third kappa shape index (κ3) is 7.01. The van der Waals surface area contributed by atoms with Crippen molar-refractivity contribution in [1.29, 1.82) is 0 Å². The van der Waals surface area contributed by atoms with Crippen LogP contribution in [0, 0.1) is 0 Å². The number of ether oxygens (including phenoxy) is 1. The second-order valence-corrected chi connectivity index (χ2v) is 5.72. The second-order valence-electron chi connectivity index (χ2n) is 5.72. The first-order valence-electron chi connectivity index (χ1n) is 8.23. The molecule has 5 nitrogen and oxygen atoms in total. The molecular formula is C19H19F3N2O3. The molecule has 0 spiro atoms. The van der Waals surface area contributed by atoms with Gasteiger partial charge in [-0.05, 0) is 42.3 Å². The van der Waals surface area contributed by atoms with Gasteiger partial charge in [0.05, 0.1) is 0 Å². The molecule has 0 aromatic heterocycles. The van der Waals surface area contributed by atoms with Crippen LogP contribution in [-0.4, -0.2) is 31.1 Å². The lowest BCUT2D eigenvalue weighted by Crippen LogP contribution is -2.33.